The molecule has 0 unspecified atom stereocenters. The number of amides is 1. The number of halogens is 1. The van der Waals surface area contributed by atoms with Crippen LogP contribution in [0.15, 0.2) is 42.5 Å². The van der Waals surface area contributed by atoms with Gasteiger partial charge in [-0.25, -0.2) is 0 Å². The zero-order chi connectivity index (χ0) is 16.8. The van der Waals surface area contributed by atoms with E-state index < -0.39 is 4.92 Å². The van der Waals surface area contributed by atoms with E-state index in [9.17, 15) is 14.9 Å². The van der Waals surface area contributed by atoms with Crippen LogP contribution in [0, 0.1) is 17.0 Å². The van der Waals surface area contributed by atoms with Crippen LogP contribution in [0.1, 0.15) is 27.9 Å². The van der Waals surface area contributed by atoms with Crippen LogP contribution in [0.25, 0.3) is 0 Å². The molecule has 2 aromatic rings. The molecule has 120 valence electrons. The number of nitrogens with one attached hydrogen (secondary N) is 1. The number of rotatable bonds is 6. The largest absolute Gasteiger partial charge is 0.352 e. The summed E-state index contributed by atoms with van der Waals surface area (Å²) in [5.41, 5.74) is 1.81. The number of hydrogen-bond donors (Lipinski definition) is 1. The molecule has 2 aromatic carbocycles. The number of benzene rings is 2. The molecule has 0 saturated heterocycles. The van der Waals surface area contributed by atoms with E-state index >= 15 is 0 Å². The van der Waals surface area contributed by atoms with Crippen LogP contribution in [0.3, 0.4) is 0 Å². The first-order valence-corrected chi connectivity index (χ1v) is 7.63. The van der Waals surface area contributed by atoms with Gasteiger partial charge in [-0.15, -0.1) is 0 Å². The van der Waals surface area contributed by atoms with Crippen molar-refractivity contribution in [3.63, 3.8) is 0 Å². The van der Waals surface area contributed by atoms with E-state index in [1.165, 1.54) is 6.07 Å². The second-order valence-electron chi connectivity index (χ2n) is 5.21. The summed E-state index contributed by atoms with van der Waals surface area (Å²) in [7, 11) is 0. The number of nitro groups is 1. The highest BCUT2D eigenvalue weighted by molar-refractivity contribution is 6.31. The summed E-state index contributed by atoms with van der Waals surface area (Å²) in [5.74, 6) is -0.313. The summed E-state index contributed by atoms with van der Waals surface area (Å²) in [5, 5.41) is 14.4. The summed E-state index contributed by atoms with van der Waals surface area (Å²) in [6.45, 7) is 2.12. The molecule has 0 atom stereocenters. The van der Waals surface area contributed by atoms with Crippen molar-refractivity contribution in [2.75, 3.05) is 6.54 Å². The van der Waals surface area contributed by atoms with Crippen LogP contribution in [-0.4, -0.2) is 17.4 Å². The average Bonchev–Trinajstić information content (AvgIpc) is 2.53. The molecule has 2 rings (SSSR count). The third-order valence-electron chi connectivity index (χ3n) is 3.53. The lowest BCUT2D eigenvalue weighted by Crippen LogP contribution is -2.24. The van der Waals surface area contributed by atoms with Gasteiger partial charge in [0.2, 0.25) is 0 Å². The molecule has 0 aromatic heterocycles. The van der Waals surface area contributed by atoms with Gasteiger partial charge in [0.05, 0.1) is 4.92 Å². The molecule has 0 bridgehead atoms. The predicted octanol–water partition coefficient (Wildman–Crippen LogP) is 3.92. The highest BCUT2D eigenvalue weighted by Crippen LogP contribution is 2.19. The highest BCUT2D eigenvalue weighted by atomic mass is 35.5. The smallest absolute Gasteiger partial charge is 0.273 e. The number of aryl methyl sites for hydroxylation is 2. The van der Waals surface area contributed by atoms with Crippen molar-refractivity contribution in [3.05, 3.63) is 74.3 Å². The second-order valence-corrected chi connectivity index (χ2v) is 5.62. The van der Waals surface area contributed by atoms with Crippen LogP contribution in [0.4, 0.5) is 5.69 Å². The van der Waals surface area contributed by atoms with Gasteiger partial charge < -0.3 is 5.32 Å². The summed E-state index contributed by atoms with van der Waals surface area (Å²) in [4.78, 5) is 22.5. The van der Waals surface area contributed by atoms with E-state index in [-0.39, 0.29) is 11.6 Å². The number of nitrogens with zero attached hydrogens (tertiary/aromatic N) is 1. The number of carbonyl (C=O) groups is 1. The lowest BCUT2D eigenvalue weighted by Gasteiger charge is -2.07. The van der Waals surface area contributed by atoms with Gasteiger partial charge in [-0.1, -0.05) is 35.9 Å². The Bertz CT molecular complexity index is 732. The lowest BCUT2D eigenvalue weighted by molar-refractivity contribution is -0.385. The SMILES string of the molecule is Cc1ccc(C(=O)NCCCc2ccccc2Cl)cc1[N+](=O)[O-]. The van der Waals surface area contributed by atoms with Crippen molar-refractivity contribution in [1.29, 1.82) is 0 Å². The quantitative estimate of drug-likeness (QED) is 0.495. The molecule has 0 spiro atoms. The first-order chi connectivity index (χ1) is 11.0. The molecule has 1 amide bonds. The van der Waals surface area contributed by atoms with Crippen molar-refractivity contribution in [2.45, 2.75) is 19.8 Å². The molecule has 0 aliphatic heterocycles. The molecule has 0 fully saturated rings. The Labute approximate surface area is 139 Å². The van der Waals surface area contributed by atoms with Crippen LogP contribution in [0.5, 0.6) is 0 Å². The first-order valence-electron chi connectivity index (χ1n) is 7.25. The van der Waals surface area contributed by atoms with Crippen LogP contribution < -0.4 is 5.32 Å². The van der Waals surface area contributed by atoms with Gasteiger partial charge in [-0.3, -0.25) is 14.9 Å². The Morgan fingerprint density at radius 1 is 1.26 bits per heavy atom. The molecule has 6 heteroatoms. The van der Waals surface area contributed by atoms with Gasteiger partial charge >= 0.3 is 0 Å². The van der Waals surface area contributed by atoms with Gasteiger partial charge in [0.15, 0.2) is 0 Å². The van der Waals surface area contributed by atoms with E-state index in [4.69, 9.17) is 11.6 Å². The van der Waals surface area contributed by atoms with Crippen LogP contribution in [0.2, 0.25) is 5.02 Å². The van der Waals surface area contributed by atoms with Gasteiger partial charge in [-0.05, 0) is 37.5 Å². The number of carbonyl (C=O) groups excluding carboxylic acids is 1. The zero-order valence-corrected chi connectivity index (χ0v) is 13.5. The second kappa shape index (κ2) is 7.74. The van der Waals surface area contributed by atoms with Crippen molar-refractivity contribution in [1.82, 2.24) is 5.32 Å². The first kappa shape index (κ1) is 17.0. The van der Waals surface area contributed by atoms with Gasteiger partial charge in [0.1, 0.15) is 0 Å². The molecule has 0 radical (unpaired) electrons. The van der Waals surface area contributed by atoms with Crippen molar-refractivity contribution < 1.29 is 9.72 Å². The van der Waals surface area contributed by atoms with Gasteiger partial charge in [0, 0.05) is 28.8 Å². The van der Waals surface area contributed by atoms with Gasteiger partial charge in [0.25, 0.3) is 11.6 Å². The van der Waals surface area contributed by atoms with E-state index in [1.54, 1.807) is 19.1 Å². The van der Waals surface area contributed by atoms with Crippen molar-refractivity contribution in [3.8, 4) is 0 Å². The number of nitro benzene ring substituents is 1. The summed E-state index contributed by atoms with van der Waals surface area (Å²) >= 11 is 6.07. The molecule has 0 aliphatic carbocycles. The van der Waals surface area contributed by atoms with E-state index in [2.05, 4.69) is 5.32 Å². The third kappa shape index (κ3) is 4.53. The Balaban J connectivity index is 1.89. The van der Waals surface area contributed by atoms with Gasteiger partial charge in [-0.2, -0.15) is 0 Å². The minimum absolute atomic E-state index is 0.0475. The van der Waals surface area contributed by atoms with E-state index in [0.29, 0.717) is 22.7 Å². The zero-order valence-electron chi connectivity index (χ0n) is 12.7. The lowest BCUT2D eigenvalue weighted by atomic mass is 10.1. The van der Waals surface area contributed by atoms with Crippen LogP contribution >= 0.6 is 11.6 Å². The predicted molar refractivity (Wildman–Crippen MR) is 89.9 cm³/mol. The standard InChI is InChI=1S/C17H17ClN2O3/c1-12-8-9-14(11-16(12)20(22)23)17(21)19-10-4-6-13-5-2-3-7-15(13)18/h2-3,5,7-9,11H,4,6,10H2,1H3,(H,19,21). The Hall–Kier alpha value is -2.40. The highest BCUT2D eigenvalue weighted by Gasteiger charge is 2.14. The Morgan fingerprint density at radius 3 is 2.70 bits per heavy atom. The van der Waals surface area contributed by atoms with E-state index in [0.717, 1.165) is 18.4 Å². The van der Waals surface area contributed by atoms with Crippen LogP contribution in [-0.2, 0) is 6.42 Å². The fraction of sp³-hybridized carbons (Fsp3) is 0.235. The van der Waals surface area contributed by atoms with E-state index in [1.807, 2.05) is 24.3 Å². The monoisotopic (exact) mass is 332 g/mol. The molecular formula is C17H17ClN2O3. The third-order valence-corrected chi connectivity index (χ3v) is 3.90. The molecular weight excluding hydrogens is 316 g/mol. The van der Waals surface area contributed by atoms with Crippen molar-refractivity contribution >= 4 is 23.2 Å². The maximum Gasteiger partial charge on any atom is 0.273 e. The Morgan fingerprint density at radius 2 is 2.00 bits per heavy atom. The normalized spacial score (nSPS) is 10.3. The Kier molecular flexibility index (Phi) is 5.71. The number of hydrogen-bond acceptors (Lipinski definition) is 3. The minimum Gasteiger partial charge on any atom is -0.352 e. The maximum absolute atomic E-state index is 12.0. The minimum atomic E-state index is -0.483. The molecule has 0 aliphatic rings. The fourth-order valence-corrected chi connectivity index (χ4v) is 2.46. The molecule has 0 heterocycles. The maximum atomic E-state index is 12.0. The summed E-state index contributed by atoms with van der Waals surface area (Å²) in [6, 6.07) is 12.1. The molecule has 5 nitrogen and oxygen atoms in total. The topological polar surface area (TPSA) is 72.2 Å². The average molecular weight is 333 g/mol. The fourth-order valence-electron chi connectivity index (χ4n) is 2.23. The van der Waals surface area contributed by atoms with Crippen molar-refractivity contribution in [2.24, 2.45) is 0 Å². The summed E-state index contributed by atoms with van der Waals surface area (Å²) < 4.78 is 0. The molecule has 0 saturated carbocycles. The summed E-state index contributed by atoms with van der Waals surface area (Å²) in [6.07, 6.45) is 1.50. The molecule has 23 heavy (non-hydrogen) atoms. The molecule has 1 N–H and O–H groups in total.